The van der Waals surface area contributed by atoms with Crippen LogP contribution in [-0.4, -0.2) is 49.6 Å². The van der Waals surface area contributed by atoms with Crippen LogP contribution in [0.3, 0.4) is 0 Å². The Morgan fingerprint density at radius 3 is 2.30 bits per heavy atom. The lowest BCUT2D eigenvalue weighted by Crippen LogP contribution is -2.47. The molecule has 0 saturated carbocycles. The summed E-state index contributed by atoms with van der Waals surface area (Å²) in [6.07, 6.45) is 1.65. The van der Waals surface area contributed by atoms with Gasteiger partial charge in [0.15, 0.2) is 0 Å². The fourth-order valence-electron chi connectivity index (χ4n) is 2.38. The van der Waals surface area contributed by atoms with E-state index in [2.05, 4.69) is 5.32 Å². The molecule has 1 saturated heterocycles. The monoisotopic (exact) mass is 305 g/mol. The SMILES string of the molecule is CC(C)CS(=O)(=O)N1CCC(NC(=O)CC(C)N)CC1. The molecule has 6 nitrogen and oxygen atoms in total. The van der Waals surface area contributed by atoms with Gasteiger partial charge in [-0.15, -0.1) is 0 Å². The van der Waals surface area contributed by atoms with Crippen LogP contribution < -0.4 is 11.1 Å². The number of rotatable bonds is 6. The van der Waals surface area contributed by atoms with Gasteiger partial charge in [0.2, 0.25) is 15.9 Å². The topological polar surface area (TPSA) is 92.5 Å². The van der Waals surface area contributed by atoms with Gasteiger partial charge in [0.05, 0.1) is 5.75 Å². The highest BCUT2D eigenvalue weighted by Crippen LogP contribution is 2.16. The van der Waals surface area contributed by atoms with Gasteiger partial charge in [0.25, 0.3) is 0 Å². The van der Waals surface area contributed by atoms with Crippen LogP contribution in [0, 0.1) is 5.92 Å². The van der Waals surface area contributed by atoms with E-state index in [1.54, 1.807) is 11.2 Å². The Hall–Kier alpha value is -0.660. The van der Waals surface area contributed by atoms with Gasteiger partial charge < -0.3 is 11.1 Å². The molecule has 0 aromatic carbocycles. The summed E-state index contributed by atoms with van der Waals surface area (Å²) in [7, 11) is -3.15. The molecule has 1 fully saturated rings. The second kappa shape index (κ2) is 7.38. The minimum atomic E-state index is -3.15. The van der Waals surface area contributed by atoms with Crippen molar-refractivity contribution >= 4 is 15.9 Å². The maximum atomic E-state index is 12.1. The maximum Gasteiger partial charge on any atom is 0.221 e. The third-order valence-corrected chi connectivity index (χ3v) is 5.50. The van der Waals surface area contributed by atoms with Crippen molar-refractivity contribution in [1.82, 2.24) is 9.62 Å². The Labute approximate surface area is 122 Å². The minimum Gasteiger partial charge on any atom is -0.353 e. The van der Waals surface area contributed by atoms with Crippen LogP contribution >= 0.6 is 0 Å². The van der Waals surface area contributed by atoms with Crippen LogP contribution in [0.4, 0.5) is 0 Å². The number of hydrogen-bond donors (Lipinski definition) is 2. The van der Waals surface area contributed by atoms with Gasteiger partial charge in [-0.1, -0.05) is 13.8 Å². The average molecular weight is 305 g/mol. The zero-order valence-corrected chi connectivity index (χ0v) is 13.4. The van der Waals surface area contributed by atoms with Crippen molar-refractivity contribution < 1.29 is 13.2 Å². The van der Waals surface area contributed by atoms with Crippen LogP contribution in [0.5, 0.6) is 0 Å². The van der Waals surface area contributed by atoms with E-state index in [1.165, 1.54) is 0 Å². The number of nitrogens with zero attached hydrogens (tertiary/aromatic N) is 1. The summed E-state index contributed by atoms with van der Waals surface area (Å²) >= 11 is 0. The molecule has 0 radical (unpaired) electrons. The van der Waals surface area contributed by atoms with E-state index in [9.17, 15) is 13.2 Å². The highest BCUT2D eigenvalue weighted by molar-refractivity contribution is 7.89. The van der Waals surface area contributed by atoms with Crippen LogP contribution in [-0.2, 0) is 14.8 Å². The number of hydrogen-bond acceptors (Lipinski definition) is 4. The fraction of sp³-hybridized carbons (Fsp3) is 0.923. The van der Waals surface area contributed by atoms with Crippen molar-refractivity contribution in [3.8, 4) is 0 Å². The molecule has 0 spiro atoms. The first-order valence-corrected chi connectivity index (χ1v) is 8.84. The van der Waals surface area contributed by atoms with Crippen molar-refractivity contribution in [3.05, 3.63) is 0 Å². The predicted molar refractivity (Wildman–Crippen MR) is 79.6 cm³/mol. The molecule has 0 aromatic heterocycles. The first kappa shape index (κ1) is 17.4. The normalized spacial score (nSPS) is 20.1. The summed E-state index contributed by atoms with van der Waals surface area (Å²) in [6.45, 7) is 6.56. The van der Waals surface area contributed by atoms with Gasteiger partial charge in [-0.2, -0.15) is 0 Å². The first-order valence-electron chi connectivity index (χ1n) is 7.23. The third kappa shape index (κ3) is 5.76. The van der Waals surface area contributed by atoms with Gasteiger partial charge >= 0.3 is 0 Å². The Morgan fingerprint density at radius 2 is 1.85 bits per heavy atom. The van der Waals surface area contributed by atoms with Gasteiger partial charge in [0.1, 0.15) is 0 Å². The number of carbonyl (C=O) groups is 1. The van der Waals surface area contributed by atoms with Crippen LogP contribution in [0.2, 0.25) is 0 Å². The highest BCUT2D eigenvalue weighted by Gasteiger charge is 2.28. The van der Waals surface area contributed by atoms with E-state index < -0.39 is 10.0 Å². The molecular weight excluding hydrogens is 278 g/mol. The van der Waals surface area contributed by atoms with Gasteiger partial charge in [-0.05, 0) is 25.7 Å². The second-order valence-electron chi connectivity index (χ2n) is 6.09. The van der Waals surface area contributed by atoms with E-state index in [0.29, 0.717) is 32.4 Å². The molecule has 1 aliphatic heterocycles. The molecule has 0 aromatic rings. The number of nitrogens with one attached hydrogen (secondary N) is 1. The van der Waals surface area contributed by atoms with Gasteiger partial charge in [-0.3, -0.25) is 4.79 Å². The van der Waals surface area contributed by atoms with Crippen molar-refractivity contribution in [3.63, 3.8) is 0 Å². The standard InChI is InChI=1S/C13H27N3O3S/c1-10(2)9-20(18,19)16-6-4-12(5-7-16)15-13(17)8-11(3)14/h10-12H,4-9,14H2,1-3H3,(H,15,17). The molecule has 0 aliphatic carbocycles. The molecule has 1 unspecified atom stereocenters. The van der Waals surface area contributed by atoms with Crippen molar-refractivity contribution in [1.29, 1.82) is 0 Å². The highest BCUT2D eigenvalue weighted by atomic mass is 32.2. The first-order chi connectivity index (χ1) is 9.20. The lowest BCUT2D eigenvalue weighted by Gasteiger charge is -2.32. The molecule has 7 heteroatoms. The van der Waals surface area contributed by atoms with E-state index in [-0.39, 0.29) is 29.7 Å². The molecule has 1 heterocycles. The molecule has 1 amide bonds. The van der Waals surface area contributed by atoms with Crippen LogP contribution in [0.1, 0.15) is 40.0 Å². The molecule has 20 heavy (non-hydrogen) atoms. The summed E-state index contributed by atoms with van der Waals surface area (Å²) in [6, 6.07) is -0.0896. The third-order valence-electron chi connectivity index (χ3n) is 3.26. The van der Waals surface area contributed by atoms with E-state index >= 15 is 0 Å². The number of carbonyl (C=O) groups excluding carboxylic acids is 1. The zero-order valence-electron chi connectivity index (χ0n) is 12.6. The quantitative estimate of drug-likeness (QED) is 0.737. The summed E-state index contributed by atoms with van der Waals surface area (Å²) in [5, 5.41) is 2.92. The van der Waals surface area contributed by atoms with E-state index in [0.717, 1.165) is 0 Å². The summed E-state index contributed by atoms with van der Waals surface area (Å²) in [5.74, 6) is 0.265. The second-order valence-corrected chi connectivity index (χ2v) is 8.11. The van der Waals surface area contributed by atoms with Crippen molar-refractivity contribution in [2.75, 3.05) is 18.8 Å². The van der Waals surface area contributed by atoms with Gasteiger partial charge in [0, 0.05) is 31.6 Å². The summed E-state index contributed by atoms with van der Waals surface area (Å²) in [4.78, 5) is 11.6. The van der Waals surface area contributed by atoms with Crippen molar-refractivity contribution in [2.45, 2.75) is 52.1 Å². The number of piperidine rings is 1. The van der Waals surface area contributed by atoms with E-state index in [1.807, 2.05) is 13.8 Å². The molecular formula is C13H27N3O3S. The van der Waals surface area contributed by atoms with Crippen molar-refractivity contribution in [2.24, 2.45) is 11.7 Å². The number of amides is 1. The molecule has 3 N–H and O–H groups in total. The zero-order chi connectivity index (χ0) is 15.3. The van der Waals surface area contributed by atoms with Crippen LogP contribution in [0.25, 0.3) is 0 Å². The maximum absolute atomic E-state index is 12.1. The number of sulfonamides is 1. The largest absolute Gasteiger partial charge is 0.353 e. The average Bonchev–Trinajstić information content (AvgIpc) is 2.26. The Balaban J connectivity index is 2.42. The van der Waals surface area contributed by atoms with Gasteiger partial charge in [-0.25, -0.2) is 12.7 Å². The lowest BCUT2D eigenvalue weighted by atomic mass is 10.1. The molecule has 1 rings (SSSR count). The van der Waals surface area contributed by atoms with E-state index in [4.69, 9.17) is 5.73 Å². The lowest BCUT2D eigenvalue weighted by molar-refractivity contribution is -0.122. The minimum absolute atomic E-state index is 0.0523. The number of nitrogens with two attached hydrogens (primary N) is 1. The summed E-state index contributed by atoms with van der Waals surface area (Å²) < 4.78 is 25.7. The summed E-state index contributed by atoms with van der Waals surface area (Å²) in [5.41, 5.74) is 5.58. The Kier molecular flexibility index (Phi) is 6.42. The molecule has 1 atom stereocenters. The Morgan fingerprint density at radius 1 is 1.30 bits per heavy atom. The predicted octanol–water partition coefficient (Wildman–Crippen LogP) is 0.290. The Bertz CT molecular complexity index is 413. The smallest absolute Gasteiger partial charge is 0.221 e. The molecule has 118 valence electrons. The fourth-order valence-corrected chi connectivity index (χ4v) is 4.20. The molecule has 1 aliphatic rings. The van der Waals surface area contributed by atoms with Crippen LogP contribution in [0.15, 0.2) is 0 Å². The molecule has 0 bridgehead atoms.